The van der Waals surface area contributed by atoms with Gasteiger partial charge in [-0.05, 0) is 88.8 Å². The van der Waals surface area contributed by atoms with Crippen molar-refractivity contribution in [1.82, 2.24) is 10.7 Å². The van der Waals surface area contributed by atoms with E-state index in [9.17, 15) is 18.0 Å². The average Bonchev–Trinajstić information content (AvgIpc) is 3.34. The number of amides is 2. The van der Waals surface area contributed by atoms with Gasteiger partial charge in [-0.15, -0.1) is 0 Å². The van der Waals surface area contributed by atoms with Crippen LogP contribution < -0.4 is 19.8 Å². The van der Waals surface area contributed by atoms with Crippen molar-refractivity contribution < 1.29 is 27.2 Å². The number of rotatable bonds is 11. The van der Waals surface area contributed by atoms with Gasteiger partial charge in [0.15, 0.2) is 6.61 Å². The minimum atomic E-state index is -3.66. The molecule has 0 spiro atoms. The van der Waals surface area contributed by atoms with E-state index in [0.717, 1.165) is 14.1 Å². The maximum absolute atomic E-state index is 12.3. The molecule has 2 amide bonds. The molecule has 3 rings (SSSR count). The zero-order valence-electron chi connectivity index (χ0n) is 18.7. The normalized spacial score (nSPS) is 11.3. The highest BCUT2D eigenvalue weighted by molar-refractivity contribution is 14.1. The van der Waals surface area contributed by atoms with E-state index >= 15 is 0 Å². The number of benzene rings is 2. The van der Waals surface area contributed by atoms with E-state index in [-0.39, 0.29) is 19.1 Å². The number of halogens is 1. The molecule has 3 aromatic rings. The Hall–Kier alpha value is -3.39. The number of nitrogens with one attached hydrogen (secondary N) is 2. The number of ether oxygens (including phenoxy) is 1. The van der Waals surface area contributed by atoms with E-state index in [2.05, 4.69) is 38.4 Å². The lowest BCUT2D eigenvalue weighted by Crippen LogP contribution is -2.39. The van der Waals surface area contributed by atoms with Gasteiger partial charge in [0.2, 0.25) is 10.0 Å². The van der Waals surface area contributed by atoms with Gasteiger partial charge in [-0.2, -0.15) is 5.10 Å². The van der Waals surface area contributed by atoms with Gasteiger partial charge < -0.3 is 14.5 Å². The van der Waals surface area contributed by atoms with Gasteiger partial charge in [-0.3, -0.25) is 13.9 Å². The lowest BCUT2D eigenvalue weighted by Gasteiger charge is -2.21. The van der Waals surface area contributed by atoms with Crippen molar-refractivity contribution >= 4 is 56.3 Å². The first-order valence-electron chi connectivity index (χ1n) is 10.3. The molecule has 0 saturated carbocycles. The summed E-state index contributed by atoms with van der Waals surface area (Å²) in [6.45, 7) is -0.282. The summed E-state index contributed by atoms with van der Waals surface area (Å²) in [4.78, 5) is 24.1. The van der Waals surface area contributed by atoms with Crippen molar-refractivity contribution in [2.24, 2.45) is 5.10 Å². The molecular formula is C23H23IN4O6S. The topological polar surface area (TPSA) is 130 Å². The van der Waals surface area contributed by atoms with Crippen LogP contribution in [0.25, 0.3) is 0 Å². The molecule has 1 heterocycles. The molecule has 2 N–H and O–H groups in total. The summed E-state index contributed by atoms with van der Waals surface area (Å²) < 4.78 is 36.8. The number of hydrogen-bond donors (Lipinski definition) is 2. The number of hydrazone groups is 1. The molecule has 184 valence electrons. The van der Waals surface area contributed by atoms with Crippen LogP contribution >= 0.6 is 22.6 Å². The zero-order chi connectivity index (χ0) is 25.3. The van der Waals surface area contributed by atoms with Gasteiger partial charge in [0.05, 0.1) is 31.0 Å². The first-order valence-corrected chi connectivity index (χ1v) is 13.2. The third-order valence-electron chi connectivity index (χ3n) is 4.49. The highest BCUT2D eigenvalue weighted by Crippen LogP contribution is 2.19. The molecule has 0 bridgehead atoms. The Labute approximate surface area is 216 Å². The fourth-order valence-corrected chi connectivity index (χ4v) is 4.02. The van der Waals surface area contributed by atoms with E-state index in [1.165, 1.54) is 12.5 Å². The molecule has 0 aliphatic heterocycles. The maximum Gasteiger partial charge on any atom is 0.260 e. The Morgan fingerprint density at radius 1 is 1.09 bits per heavy atom. The molecular weight excluding hydrogens is 587 g/mol. The van der Waals surface area contributed by atoms with Gasteiger partial charge in [-0.1, -0.05) is 0 Å². The van der Waals surface area contributed by atoms with Crippen LogP contribution in [0.4, 0.5) is 5.69 Å². The van der Waals surface area contributed by atoms with Crippen LogP contribution in [0, 0.1) is 3.57 Å². The van der Waals surface area contributed by atoms with E-state index in [4.69, 9.17) is 9.15 Å². The third-order valence-corrected chi connectivity index (χ3v) is 6.35. The molecule has 12 heteroatoms. The summed E-state index contributed by atoms with van der Waals surface area (Å²) in [7, 11) is -3.66. The molecule has 0 unspecified atom stereocenters. The fourth-order valence-electron chi connectivity index (χ4n) is 2.80. The summed E-state index contributed by atoms with van der Waals surface area (Å²) in [5, 5.41) is 6.56. The molecule has 0 aliphatic rings. The van der Waals surface area contributed by atoms with E-state index in [0.29, 0.717) is 22.8 Å². The van der Waals surface area contributed by atoms with Crippen LogP contribution in [0.1, 0.15) is 11.3 Å². The fraction of sp³-hybridized carbons (Fsp3) is 0.174. The summed E-state index contributed by atoms with van der Waals surface area (Å²) in [5.41, 5.74) is 3.38. The smallest absolute Gasteiger partial charge is 0.260 e. The molecule has 0 fully saturated rings. The monoisotopic (exact) mass is 610 g/mol. The van der Waals surface area contributed by atoms with Crippen molar-refractivity contribution in [2.45, 2.75) is 6.54 Å². The summed E-state index contributed by atoms with van der Waals surface area (Å²) in [6.07, 6.45) is 3.98. The lowest BCUT2D eigenvalue weighted by molar-refractivity contribution is -0.123. The second-order valence-electron chi connectivity index (χ2n) is 7.25. The first-order chi connectivity index (χ1) is 16.7. The third kappa shape index (κ3) is 8.72. The predicted molar refractivity (Wildman–Crippen MR) is 140 cm³/mol. The molecule has 0 radical (unpaired) electrons. The van der Waals surface area contributed by atoms with Gasteiger partial charge in [0.1, 0.15) is 18.1 Å². The number of furan rings is 1. The standard InChI is InChI=1S/C23H23IN4O6S/c1-35(31,32)28(19-8-6-18(24)7-9-19)15-22(29)27-26-13-17-4-10-20(11-5-17)34-16-23(30)25-14-21-3-2-12-33-21/h2-13H,14-16H2,1H3,(H,25,30)(H,27,29)/b26-13-. The van der Waals surface area contributed by atoms with E-state index in [1.54, 1.807) is 60.7 Å². The van der Waals surface area contributed by atoms with Gasteiger partial charge in [0, 0.05) is 3.57 Å². The maximum atomic E-state index is 12.3. The highest BCUT2D eigenvalue weighted by atomic mass is 127. The lowest BCUT2D eigenvalue weighted by atomic mass is 10.2. The Kier molecular flexibility index (Phi) is 9.25. The van der Waals surface area contributed by atoms with Crippen LogP contribution in [-0.2, 0) is 26.2 Å². The minimum Gasteiger partial charge on any atom is -0.484 e. The van der Waals surface area contributed by atoms with Gasteiger partial charge in [0.25, 0.3) is 11.8 Å². The Morgan fingerprint density at radius 2 is 1.80 bits per heavy atom. The number of sulfonamides is 1. The molecule has 1 aromatic heterocycles. The number of carbonyl (C=O) groups excluding carboxylic acids is 2. The number of carbonyl (C=O) groups is 2. The zero-order valence-corrected chi connectivity index (χ0v) is 21.7. The Morgan fingerprint density at radius 3 is 2.43 bits per heavy atom. The van der Waals surface area contributed by atoms with Crippen molar-refractivity contribution in [1.29, 1.82) is 0 Å². The van der Waals surface area contributed by atoms with Gasteiger partial charge >= 0.3 is 0 Å². The van der Waals surface area contributed by atoms with Crippen LogP contribution in [0.5, 0.6) is 5.75 Å². The molecule has 10 nitrogen and oxygen atoms in total. The Balaban J connectivity index is 1.46. The highest BCUT2D eigenvalue weighted by Gasteiger charge is 2.20. The molecule has 0 aliphatic carbocycles. The van der Waals surface area contributed by atoms with Crippen molar-refractivity contribution in [3.63, 3.8) is 0 Å². The average molecular weight is 610 g/mol. The van der Waals surface area contributed by atoms with E-state index in [1.807, 2.05) is 0 Å². The molecule has 0 atom stereocenters. The summed E-state index contributed by atoms with van der Waals surface area (Å²) >= 11 is 2.11. The SMILES string of the molecule is CS(=O)(=O)N(CC(=O)N/N=C\c1ccc(OCC(=O)NCc2ccco2)cc1)c1ccc(I)cc1. The van der Waals surface area contributed by atoms with Crippen LogP contribution in [0.15, 0.2) is 76.4 Å². The van der Waals surface area contributed by atoms with Crippen molar-refractivity contribution in [3.8, 4) is 5.75 Å². The van der Waals surface area contributed by atoms with Gasteiger partial charge in [-0.25, -0.2) is 13.8 Å². The first kappa shape index (κ1) is 26.2. The van der Waals surface area contributed by atoms with Crippen LogP contribution in [0.2, 0.25) is 0 Å². The molecule has 35 heavy (non-hydrogen) atoms. The summed E-state index contributed by atoms with van der Waals surface area (Å²) in [6, 6.07) is 17.0. The predicted octanol–water partition coefficient (Wildman–Crippen LogP) is 2.50. The number of anilines is 1. The number of nitrogens with zero attached hydrogens (tertiary/aromatic N) is 2. The summed E-state index contributed by atoms with van der Waals surface area (Å²) in [5.74, 6) is 0.252. The minimum absolute atomic E-state index is 0.151. The largest absolute Gasteiger partial charge is 0.484 e. The van der Waals surface area contributed by atoms with Crippen molar-refractivity contribution in [2.75, 3.05) is 23.7 Å². The van der Waals surface area contributed by atoms with Crippen molar-refractivity contribution in [3.05, 3.63) is 81.8 Å². The van der Waals surface area contributed by atoms with Crippen LogP contribution in [-0.4, -0.2) is 45.9 Å². The molecule has 2 aromatic carbocycles. The number of hydrogen-bond acceptors (Lipinski definition) is 7. The van der Waals surface area contributed by atoms with Crippen LogP contribution in [0.3, 0.4) is 0 Å². The second-order valence-corrected chi connectivity index (χ2v) is 10.4. The quantitative estimate of drug-likeness (QED) is 0.195. The Bertz CT molecular complexity index is 1260. The molecule has 0 saturated heterocycles. The second kappa shape index (κ2) is 12.4. The van der Waals surface area contributed by atoms with E-state index < -0.39 is 22.5 Å².